The molecule has 1 aromatic heterocycles. The number of carbonyl (C=O) groups excluding carboxylic acids is 3. The van der Waals surface area contributed by atoms with Crippen molar-refractivity contribution in [2.75, 3.05) is 7.11 Å². The number of rotatable bonds is 10. The molecule has 2 aromatic rings. The van der Waals surface area contributed by atoms with Gasteiger partial charge in [0, 0.05) is 22.4 Å². The highest BCUT2D eigenvalue weighted by Crippen LogP contribution is 2.34. The fourth-order valence-corrected chi connectivity index (χ4v) is 4.75. The molecule has 2 aliphatic rings. The molecule has 10 heteroatoms. The topological polar surface area (TPSA) is 150 Å². The minimum Gasteiger partial charge on any atom is -0.496 e. The Bertz CT molecular complexity index is 1150. The summed E-state index contributed by atoms with van der Waals surface area (Å²) in [7, 11) is 1.55. The van der Waals surface area contributed by atoms with Gasteiger partial charge in [-0.3, -0.25) is 14.4 Å². The second-order valence-corrected chi connectivity index (χ2v) is 10.2. The van der Waals surface area contributed by atoms with Crippen molar-refractivity contribution in [1.82, 2.24) is 20.9 Å². The van der Waals surface area contributed by atoms with Gasteiger partial charge in [0.2, 0.25) is 11.8 Å². The lowest BCUT2D eigenvalue weighted by Crippen LogP contribution is -2.52. The van der Waals surface area contributed by atoms with Crippen LogP contribution in [0.3, 0.4) is 0 Å². The van der Waals surface area contributed by atoms with Crippen molar-refractivity contribution in [2.24, 2.45) is 11.8 Å². The fraction of sp³-hybridized carbons (Fsp3) is 0.520. The van der Waals surface area contributed by atoms with Crippen LogP contribution in [-0.2, 0) is 14.4 Å². The normalized spacial score (nSPS) is 20.7. The molecule has 3 atom stereocenters. The number of aromatic nitrogens is 1. The van der Waals surface area contributed by atoms with Gasteiger partial charge in [0.1, 0.15) is 23.5 Å². The molecule has 4 rings (SSSR count). The third-order valence-electron chi connectivity index (χ3n) is 6.70. The van der Waals surface area contributed by atoms with E-state index in [2.05, 4.69) is 20.9 Å². The molecule has 1 aromatic carbocycles. The van der Waals surface area contributed by atoms with Crippen molar-refractivity contribution >= 4 is 34.6 Å². The summed E-state index contributed by atoms with van der Waals surface area (Å²) in [5, 5.41) is 18.6. The van der Waals surface area contributed by atoms with Crippen LogP contribution in [0.15, 0.2) is 24.3 Å². The van der Waals surface area contributed by atoms with E-state index in [0.29, 0.717) is 24.5 Å². The number of nitrogens with one attached hydrogen (secondary N) is 4. The zero-order valence-corrected chi connectivity index (χ0v) is 20.1. The summed E-state index contributed by atoms with van der Waals surface area (Å²) in [6.07, 6.45) is 2.82. The Morgan fingerprint density at radius 2 is 1.91 bits per heavy atom. The number of H-pyrrole nitrogens is 1. The highest BCUT2D eigenvalue weighted by Gasteiger charge is 2.40. The average Bonchev–Trinajstić information content (AvgIpc) is 3.42. The molecule has 2 unspecified atom stereocenters. The molecule has 3 amide bonds. The zero-order chi connectivity index (χ0) is 25.3. The van der Waals surface area contributed by atoms with Crippen LogP contribution in [0, 0.1) is 11.8 Å². The molecule has 0 radical (unpaired) electrons. The van der Waals surface area contributed by atoms with Crippen LogP contribution < -0.4 is 20.7 Å². The van der Waals surface area contributed by atoms with Crippen LogP contribution in [0.2, 0.25) is 0 Å². The SMILES string of the molecule is COc1cccc2[nH]c(C(=O)NC(CC3CC3)C(=O)NC(C[C@@H]3CC(C)(C)NC3=O)C(=O)O)cc12. The van der Waals surface area contributed by atoms with E-state index in [0.717, 1.165) is 23.7 Å². The number of aromatic amines is 1. The Kier molecular flexibility index (Phi) is 6.73. The molecule has 0 bridgehead atoms. The molecule has 1 aliphatic heterocycles. The summed E-state index contributed by atoms with van der Waals surface area (Å²) in [5.41, 5.74) is 0.582. The molecule has 35 heavy (non-hydrogen) atoms. The van der Waals surface area contributed by atoms with Gasteiger partial charge in [-0.2, -0.15) is 0 Å². The van der Waals surface area contributed by atoms with Gasteiger partial charge in [-0.05, 0) is 57.2 Å². The maximum Gasteiger partial charge on any atom is 0.326 e. The summed E-state index contributed by atoms with van der Waals surface area (Å²) >= 11 is 0. The minimum absolute atomic E-state index is 0.0117. The van der Waals surface area contributed by atoms with Gasteiger partial charge in [-0.1, -0.05) is 18.9 Å². The van der Waals surface area contributed by atoms with Gasteiger partial charge in [0.05, 0.1) is 7.11 Å². The first-order valence-electron chi connectivity index (χ1n) is 11.9. The van der Waals surface area contributed by atoms with E-state index in [1.54, 1.807) is 25.3 Å². The number of fused-ring (bicyclic) bond motifs is 1. The Labute approximate surface area is 203 Å². The molecule has 1 saturated heterocycles. The van der Waals surface area contributed by atoms with E-state index in [1.807, 2.05) is 19.9 Å². The van der Waals surface area contributed by atoms with Gasteiger partial charge in [0.25, 0.3) is 5.91 Å². The van der Waals surface area contributed by atoms with E-state index >= 15 is 0 Å². The van der Waals surface area contributed by atoms with Gasteiger partial charge < -0.3 is 30.8 Å². The highest BCUT2D eigenvalue weighted by molar-refractivity contribution is 6.01. The number of carboxylic acid groups (broad SMARTS) is 1. The van der Waals surface area contributed by atoms with Gasteiger partial charge in [-0.15, -0.1) is 0 Å². The number of hydrogen-bond acceptors (Lipinski definition) is 5. The largest absolute Gasteiger partial charge is 0.496 e. The Morgan fingerprint density at radius 1 is 1.17 bits per heavy atom. The second-order valence-electron chi connectivity index (χ2n) is 10.2. The van der Waals surface area contributed by atoms with Crippen LogP contribution in [0.25, 0.3) is 10.9 Å². The molecule has 5 N–H and O–H groups in total. The van der Waals surface area contributed by atoms with Crippen LogP contribution >= 0.6 is 0 Å². The van der Waals surface area contributed by atoms with E-state index in [9.17, 15) is 24.3 Å². The third kappa shape index (κ3) is 5.75. The summed E-state index contributed by atoms with van der Waals surface area (Å²) in [6, 6.07) is 4.96. The monoisotopic (exact) mass is 484 g/mol. The van der Waals surface area contributed by atoms with E-state index < -0.39 is 41.3 Å². The number of carbonyl (C=O) groups is 4. The molecule has 188 valence electrons. The highest BCUT2D eigenvalue weighted by atomic mass is 16.5. The van der Waals surface area contributed by atoms with Crippen molar-refractivity contribution < 1.29 is 29.0 Å². The van der Waals surface area contributed by atoms with Crippen LogP contribution in [0.4, 0.5) is 0 Å². The van der Waals surface area contributed by atoms with Crippen LogP contribution in [0.5, 0.6) is 5.75 Å². The Hall–Kier alpha value is -3.56. The van der Waals surface area contributed by atoms with E-state index in [-0.39, 0.29) is 18.0 Å². The number of methoxy groups -OCH3 is 1. The number of carboxylic acids is 1. The molecular formula is C25H32N4O6. The number of ether oxygens (including phenoxy) is 1. The molecule has 0 spiro atoms. The number of benzene rings is 1. The summed E-state index contributed by atoms with van der Waals surface area (Å²) < 4.78 is 5.34. The smallest absolute Gasteiger partial charge is 0.326 e. The number of amides is 3. The molecule has 2 heterocycles. The standard InChI is InChI=1S/C25H32N4O6/c1-25(2)12-14(21(30)29-25)10-19(24(33)34)28-22(31)17(9-13-7-8-13)27-23(32)18-11-15-16(26-18)5-4-6-20(15)35-3/h4-6,11,13-14,17,19,26H,7-10,12H2,1-3H3,(H,27,32)(H,28,31)(H,29,30)(H,33,34)/t14-,17?,19?/m1/s1. The maximum atomic E-state index is 13.1. The van der Waals surface area contributed by atoms with E-state index in [1.165, 1.54) is 0 Å². The molecular weight excluding hydrogens is 452 g/mol. The van der Waals surface area contributed by atoms with Crippen molar-refractivity contribution in [2.45, 2.75) is 63.6 Å². The van der Waals surface area contributed by atoms with Gasteiger partial charge in [0.15, 0.2) is 0 Å². The maximum absolute atomic E-state index is 13.1. The summed E-state index contributed by atoms with van der Waals surface area (Å²) in [4.78, 5) is 53.3. The first-order chi connectivity index (χ1) is 16.6. The van der Waals surface area contributed by atoms with Crippen molar-refractivity contribution in [3.8, 4) is 5.75 Å². The predicted octanol–water partition coefficient (Wildman–Crippen LogP) is 1.95. The van der Waals surface area contributed by atoms with Crippen molar-refractivity contribution in [1.29, 1.82) is 0 Å². The number of hydrogen-bond donors (Lipinski definition) is 5. The lowest BCUT2D eigenvalue weighted by molar-refractivity contribution is -0.142. The molecule has 1 saturated carbocycles. The summed E-state index contributed by atoms with van der Waals surface area (Å²) in [5.74, 6) is -2.05. The summed E-state index contributed by atoms with van der Waals surface area (Å²) in [6.45, 7) is 3.75. The zero-order valence-electron chi connectivity index (χ0n) is 20.1. The Balaban J connectivity index is 1.46. The first-order valence-corrected chi connectivity index (χ1v) is 11.9. The van der Waals surface area contributed by atoms with Gasteiger partial charge >= 0.3 is 5.97 Å². The van der Waals surface area contributed by atoms with E-state index in [4.69, 9.17) is 4.74 Å². The van der Waals surface area contributed by atoms with Crippen LogP contribution in [-0.4, -0.2) is 58.5 Å². The van der Waals surface area contributed by atoms with Crippen molar-refractivity contribution in [3.05, 3.63) is 30.0 Å². The molecule has 10 nitrogen and oxygen atoms in total. The third-order valence-corrected chi connectivity index (χ3v) is 6.70. The predicted molar refractivity (Wildman–Crippen MR) is 128 cm³/mol. The fourth-order valence-electron chi connectivity index (χ4n) is 4.75. The molecule has 1 aliphatic carbocycles. The lowest BCUT2D eigenvalue weighted by atomic mass is 9.91. The average molecular weight is 485 g/mol. The number of aliphatic carboxylic acids is 1. The van der Waals surface area contributed by atoms with Crippen molar-refractivity contribution in [3.63, 3.8) is 0 Å². The Morgan fingerprint density at radius 3 is 2.51 bits per heavy atom. The molecule has 2 fully saturated rings. The second kappa shape index (κ2) is 9.59. The quantitative estimate of drug-likeness (QED) is 0.348. The van der Waals surface area contributed by atoms with Gasteiger partial charge in [-0.25, -0.2) is 4.79 Å². The lowest BCUT2D eigenvalue weighted by Gasteiger charge is -2.22. The van der Waals surface area contributed by atoms with Crippen LogP contribution in [0.1, 0.15) is 56.4 Å². The first kappa shape index (κ1) is 24.6. The minimum atomic E-state index is -1.23.